The molecule has 5 rings (SSSR count). The van der Waals surface area contributed by atoms with Gasteiger partial charge in [-0.1, -0.05) is 65.8 Å². The second kappa shape index (κ2) is 11.8. The van der Waals surface area contributed by atoms with Crippen molar-refractivity contribution < 1.29 is 9.16 Å². The molecule has 0 amide bonds. The van der Waals surface area contributed by atoms with Gasteiger partial charge in [0.2, 0.25) is 14.3 Å². The number of pyridine rings is 1. The largest absolute Gasteiger partial charge is 0.484 e. The summed E-state index contributed by atoms with van der Waals surface area (Å²) in [7, 11) is -1.89. The zero-order valence-corrected chi connectivity index (χ0v) is 26.5. The lowest BCUT2D eigenvalue weighted by Gasteiger charge is -2.46. The topological polar surface area (TPSA) is 77.9 Å². The molecule has 3 atom stereocenters. The van der Waals surface area contributed by atoms with Crippen LogP contribution in [-0.2, 0) is 4.43 Å². The Morgan fingerprint density at radius 1 is 0.825 bits per heavy atom. The van der Waals surface area contributed by atoms with E-state index in [1.807, 2.05) is 18.3 Å². The molecule has 2 aromatic heterocycles. The third-order valence-electron chi connectivity index (χ3n) is 9.70. The number of anilines is 1. The molecule has 1 aromatic carbocycles. The normalized spacial score (nSPS) is 21.4. The first-order valence-electron chi connectivity index (χ1n) is 15.4. The van der Waals surface area contributed by atoms with Crippen LogP contribution in [0.3, 0.4) is 0 Å². The van der Waals surface area contributed by atoms with Crippen LogP contribution in [-0.4, -0.2) is 42.1 Å². The van der Waals surface area contributed by atoms with Gasteiger partial charge < -0.3 is 19.8 Å². The highest BCUT2D eigenvalue weighted by Crippen LogP contribution is 2.44. The number of ether oxygens (including phenoxy) is 1. The molecule has 2 aliphatic rings. The molecule has 218 valence electrons. The smallest absolute Gasteiger partial charge is 0.231 e. The van der Waals surface area contributed by atoms with Crippen molar-refractivity contribution in [3.63, 3.8) is 0 Å². The van der Waals surface area contributed by atoms with Gasteiger partial charge in [-0.15, -0.1) is 10.2 Å². The van der Waals surface area contributed by atoms with Crippen LogP contribution in [0.25, 0.3) is 5.65 Å². The maximum atomic E-state index is 7.14. The van der Waals surface area contributed by atoms with Gasteiger partial charge in [0, 0.05) is 25.2 Å². The van der Waals surface area contributed by atoms with Gasteiger partial charge >= 0.3 is 0 Å². The molecule has 0 radical (unpaired) electrons. The maximum Gasteiger partial charge on any atom is 0.231 e. The second-order valence-electron chi connectivity index (χ2n) is 13.0. The molecule has 1 aliphatic heterocycles. The van der Waals surface area contributed by atoms with Crippen molar-refractivity contribution in [3.8, 4) is 5.75 Å². The van der Waals surface area contributed by atoms with Crippen molar-refractivity contribution in [3.05, 3.63) is 53.7 Å². The van der Waals surface area contributed by atoms with Crippen LogP contribution in [0.5, 0.6) is 5.75 Å². The number of piperidine rings is 1. The highest BCUT2D eigenvalue weighted by atomic mass is 28.4. The Balaban J connectivity index is 1.27. The van der Waals surface area contributed by atoms with Gasteiger partial charge in [0.25, 0.3) is 0 Å². The Hall–Kier alpha value is -2.42. The fraction of sp³-hybridized carbons (Fsp3) is 0.625. The molecule has 40 heavy (non-hydrogen) atoms. The number of hydrogen-bond donors (Lipinski definition) is 1. The number of aromatic nitrogens is 3. The lowest BCUT2D eigenvalue weighted by atomic mass is 9.86. The van der Waals surface area contributed by atoms with E-state index < -0.39 is 8.32 Å². The van der Waals surface area contributed by atoms with Gasteiger partial charge in [0.1, 0.15) is 11.9 Å². The molecular weight excluding hydrogens is 514 g/mol. The van der Waals surface area contributed by atoms with E-state index in [1.165, 1.54) is 11.1 Å². The summed E-state index contributed by atoms with van der Waals surface area (Å²) in [4.78, 5) is 2.37. The Kier molecular flexibility index (Phi) is 8.60. The highest BCUT2D eigenvalue weighted by Gasteiger charge is 2.47. The zero-order chi connectivity index (χ0) is 28.6. The molecule has 8 heteroatoms. The summed E-state index contributed by atoms with van der Waals surface area (Å²) in [5.41, 5.74) is 11.4. The molecule has 2 N–H and O–H groups in total. The van der Waals surface area contributed by atoms with E-state index in [0.29, 0.717) is 22.5 Å². The maximum absolute atomic E-state index is 7.14. The van der Waals surface area contributed by atoms with Crippen LogP contribution >= 0.6 is 0 Å². The van der Waals surface area contributed by atoms with Crippen molar-refractivity contribution in [1.82, 2.24) is 14.6 Å². The van der Waals surface area contributed by atoms with Crippen LogP contribution < -0.4 is 15.4 Å². The van der Waals surface area contributed by atoms with E-state index in [-0.39, 0.29) is 18.2 Å². The van der Waals surface area contributed by atoms with Crippen LogP contribution in [0.15, 0.2) is 42.6 Å². The molecule has 1 saturated heterocycles. The van der Waals surface area contributed by atoms with Crippen LogP contribution in [0.1, 0.15) is 97.4 Å². The van der Waals surface area contributed by atoms with Gasteiger partial charge in [-0.25, -0.2) is 0 Å². The number of benzene rings is 1. The van der Waals surface area contributed by atoms with Gasteiger partial charge in [-0.3, -0.25) is 4.40 Å². The fourth-order valence-corrected chi connectivity index (χ4v) is 13.3. The van der Waals surface area contributed by atoms with Gasteiger partial charge in [0.15, 0.2) is 5.65 Å². The number of hydrogen-bond acceptors (Lipinski definition) is 6. The van der Waals surface area contributed by atoms with E-state index in [1.54, 1.807) is 0 Å². The number of rotatable bonds is 9. The standard InChI is InChI=1S/C32H49N5O2Si/c1-21(2)40(22(3)4,23(5)6)39-24(7)25-16-18-36(19-17-25)32-35-34-31-15-12-26(20-37(31)32)38-30-14-13-29(33)27-10-8-9-11-28(27)30/h8-12,15,20-25,29-30H,13-14,16-19,33H2,1-7H3/t24?,29-,30+/m0/s1. The van der Waals surface area contributed by atoms with E-state index in [4.69, 9.17) is 14.9 Å². The molecular formula is C32H49N5O2Si. The SMILES string of the molecule is CC(O[Si](C(C)C)(C(C)C)C(C)C)C1CCN(c2nnc3ccc(O[C@@H]4CC[C@H](N)c5ccccc54)cn23)CC1. The fourth-order valence-electron chi connectivity index (χ4n) is 7.61. The molecule has 3 aromatic rings. The lowest BCUT2D eigenvalue weighted by Crippen LogP contribution is -2.51. The molecule has 3 heterocycles. The summed E-state index contributed by atoms with van der Waals surface area (Å²) in [6.45, 7) is 18.5. The summed E-state index contributed by atoms with van der Waals surface area (Å²) in [6.07, 6.45) is 6.37. The summed E-state index contributed by atoms with van der Waals surface area (Å²) < 4.78 is 15.8. The Labute approximate surface area is 241 Å². The van der Waals surface area contributed by atoms with E-state index >= 15 is 0 Å². The minimum atomic E-state index is -1.89. The van der Waals surface area contributed by atoms with Crippen LogP contribution in [0, 0.1) is 5.92 Å². The molecule has 0 bridgehead atoms. The molecule has 1 unspecified atom stereocenters. The average Bonchev–Trinajstić information content (AvgIpc) is 3.36. The van der Waals surface area contributed by atoms with Crippen LogP contribution in [0.2, 0.25) is 16.6 Å². The van der Waals surface area contributed by atoms with Gasteiger partial charge in [-0.05, 0) is 78.4 Å². The van der Waals surface area contributed by atoms with Crippen molar-refractivity contribution in [2.24, 2.45) is 11.7 Å². The van der Waals surface area contributed by atoms with Crippen LogP contribution in [0.4, 0.5) is 5.95 Å². The third-order valence-corrected chi connectivity index (χ3v) is 15.9. The number of nitrogens with zero attached hydrogens (tertiary/aromatic N) is 4. The predicted octanol–water partition coefficient (Wildman–Crippen LogP) is 7.44. The minimum absolute atomic E-state index is 0.00352. The molecule has 7 nitrogen and oxygen atoms in total. The second-order valence-corrected chi connectivity index (χ2v) is 18.4. The number of nitrogens with two attached hydrogens (primary N) is 1. The zero-order valence-electron chi connectivity index (χ0n) is 25.5. The highest BCUT2D eigenvalue weighted by molar-refractivity contribution is 6.77. The van der Waals surface area contributed by atoms with E-state index in [2.05, 4.69) is 92.2 Å². The summed E-state index contributed by atoms with van der Waals surface area (Å²) >= 11 is 0. The third kappa shape index (κ3) is 5.42. The van der Waals surface area contributed by atoms with Crippen molar-refractivity contribution in [1.29, 1.82) is 0 Å². The van der Waals surface area contributed by atoms with Crippen molar-refractivity contribution in [2.75, 3.05) is 18.0 Å². The molecule has 0 spiro atoms. The summed E-state index contributed by atoms with van der Waals surface area (Å²) in [5.74, 6) is 2.29. The minimum Gasteiger partial charge on any atom is -0.484 e. The summed E-state index contributed by atoms with van der Waals surface area (Å²) in [6, 6.07) is 12.5. The van der Waals surface area contributed by atoms with E-state index in [0.717, 1.165) is 56.1 Å². The molecule has 0 saturated carbocycles. The van der Waals surface area contributed by atoms with Crippen molar-refractivity contribution in [2.45, 2.75) is 109 Å². The first-order chi connectivity index (χ1) is 19.1. The predicted molar refractivity (Wildman–Crippen MR) is 165 cm³/mol. The quantitative estimate of drug-likeness (QED) is 0.273. The first-order valence-corrected chi connectivity index (χ1v) is 17.5. The summed E-state index contributed by atoms with van der Waals surface area (Å²) in [5, 5.41) is 9.06. The van der Waals surface area contributed by atoms with Crippen molar-refractivity contribution >= 4 is 19.9 Å². The Morgan fingerprint density at radius 3 is 2.12 bits per heavy atom. The first kappa shape index (κ1) is 29.1. The van der Waals surface area contributed by atoms with Gasteiger partial charge in [0.05, 0.1) is 6.20 Å². The monoisotopic (exact) mass is 563 g/mol. The molecule has 1 aliphatic carbocycles. The number of fused-ring (bicyclic) bond motifs is 2. The van der Waals surface area contributed by atoms with E-state index in [9.17, 15) is 0 Å². The van der Waals surface area contributed by atoms with Gasteiger partial charge in [-0.2, -0.15) is 0 Å². The average molecular weight is 564 g/mol. The molecule has 1 fully saturated rings. The lowest BCUT2D eigenvalue weighted by molar-refractivity contribution is 0.112. The Morgan fingerprint density at radius 2 is 1.48 bits per heavy atom. The Bertz CT molecular complexity index is 1260.